The quantitative estimate of drug-likeness (QED) is 0.784. The topological polar surface area (TPSA) is 50.9 Å². The number of hydrogen-bond acceptors (Lipinski definition) is 3. The van der Waals surface area contributed by atoms with Crippen LogP contribution in [0.5, 0.6) is 5.75 Å². The fourth-order valence-electron chi connectivity index (χ4n) is 2.10. The van der Waals surface area contributed by atoms with Crippen LogP contribution in [-0.2, 0) is 7.05 Å². The van der Waals surface area contributed by atoms with E-state index in [9.17, 15) is 5.11 Å². The molecule has 0 spiro atoms. The molecule has 0 bridgehead atoms. The van der Waals surface area contributed by atoms with Crippen LogP contribution in [0.1, 0.15) is 0 Å². The first-order chi connectivity index (χ1) is 9.65. The summed E-state index contributed by atoms with van der Waals surface area (Å²) < 4.78 is 1.75. The molecule has 3 rings (SSSR count). The van der Waals surface area contributed by atoms with Gasteiger partial charge < -0.3 is 5.11 Å². The average Bonchev–Trinajstić information content (AvgIpc) is 2.85. The van der Waals surface area contributed by atoms with Crippen LogP contribution >= 0.6 is 11.6 Å². The van der Waals surface area contributed by atoms with Crippen molar-refractivity contribution in [1.29, 1.82) is 0 Å². The SMILES string of the molecule is Cn1cc(-c2ccc(Cl)c(O)c2)c(-c2ccncc2)n1. The number of hydrogen-bond donors (Lipinski definition) is 1. The molecule has 5 heteroatoms. The second-order valence-corrected chi connectivity index (χ2v) is 4.87. The van der Waals surface area contributed by atoms with Gasteiger partial charge in [-0.05, 0) is 29.8 Å². The minimum atomic E-state index is 0.0636. The molecule has 0 atom stereocenters. The smallest absolute Gasteiger partial charge is 0.134 e. The fraction of sp³-hybridized carbons (Fsp3) is 0.0667. The van der Waals surface area contributed by atoms with E-state index in [2.05, 4.69) is 10.1 Å². The highest BCUT2D eigenvalue weighted by atomic mass is 35.5. The van der Waals surface area contributed by atoms with Crippen molar-refractivity contribution >= 4 is 11.6 Å². The lowest BCUT2D eigenvalue weighted by molar-refractivity contribution is 0.476. The van der Waals surface area contributed by atoms with Gasteiger partial charge in [-0.15, -0.1) is 0 Å². The predicted octanol–water partition coefficient (Wildman–Crippen LogP) is 3.51. The molecule has 3 aromatic rings. The molecule has 0 unspecified atom stereocenters. The molecule has 1 aromatic carbocycles. The van der Waals surface area contributed by atoms with Crippen molar-refractivity contribution in [1.82, 2.24) is 14.8 Å². The van der Waals surface area contributed by atoms with Crippen LogP contribution in [0.25, 0.3) is 22.4 Å². The van der Waals surface area contributed by atoms with Gasteiger partial charge in [0.15, 0.2) is 0 Å². The molecule has 0 fully saturated rings. The van der Waals surface area contributed by atoms with E-state index in [1.165, 1.54) is 0 Å². The minimum Gasteiger partial charge on any atom is -0.506 e. The number of phenols is 1. The number of phenolic OH excluding ortho intramolecular Hbond substituents is 1. The normalized spacial score (nSPS) is 10.7. The lowest BCUT2D eigenvalue weighted by Gasteiger charge is -2.04. The van der Waals surface area contributed by atoms with Gasteiger partial charge >= 0.3 is 0 Å². The number of rotatable bonds is 2. The van der Waals surface area contributed by atoms with Crippen LogP contribution in [0, 0.1) is 0 Å². The van der Waals surface area contributed by atoms with E-state index < -0.39 is 0 Å². The Balaban J connectivity index is 2.17. The first-order valence-electron chi connectivity index (χ1n) is 6.08. The van der Waals surface area contributed by atoms with Crippen molar-refractivity contribution in [3.63, 3.8) is 0 Å². The van der Waals surface area contributed by atoms with Gasteiger partial charge in [-0.2, -0.15) is 5.10 Å². The van der Waals surface area contributed by atoms with Gasteiger partial charge in [-0.3, -0.25) is 9.67 Å². The largest absolute Gasteiger partial charge is 0.506 e. The predicted molar refractivity (Wildman–Crippen MR) is 78.5 cm³/mol. The number of aromatic hydroxyl groups is 1. The third kappa shape index (κ3) is 2.26. The van der Waals surface area contributed by atoms with Crippen molar-refractivity contribution in [3.05, 3.63) is 53.9 Å². The summed E-state index contributed by atoms with van der Waals surface area (Å²) in [6.07, 6.45) is 5.37. The molecule has 0 aliphatic carbocycles. The van der Waals surface area contributed by atoms with Gasteiger partial charge in [0.2, 0.25) is 0 Å². The Labute approximate surface area is 121 Å². The summed E-state index contributed by atoms with van der Waals surface area (Å²) >= 11 is 5.85. The summed E-state index contributed by atoms with van der Waals surface area (Å²) in [4.78, 5) is 4.01. The van der Waals surface area contributed by atoms with Crippen LogP contribution < -0.4 is 0 Å². The maximum absolute atomic E-state index is 9.76. The molecule has 20 heavy (non-hydrogen) atoms. The maximum atomic E-state index is 9.76. The summed E-state index contributed by atoms with van der Waals surface area (Å²) in [6, 6.07) is 8.99. The summed E-state index contributed by atoms with van der Waals surface area (Å²) in [5.74, 6) is 0.0636. The highest BCUT2D eigenvalue weighted by molar-refractivity contribution is 6.32. The lowest BCUT2D eigenvalue weighted by atomic mass is 10.0. The molecule has 2 aromatic heterocycles. The van der Waals surface area contributed by atoms with E-state index in [0.717, 1.165) is 22.4 Å². The van der Waals surface area contributed by atoms with E-state index in [4.69, 9.17) is 11.6 Å². The van der Waals surface area contributed by atoms with E-state index in [1.54, 1.807) is 29.2 Å². The molecule has 0 saturated carbocycles. The van der Waals surface area contributed by atoms with Crippen molar-refractivity contribution in [3.8, 4) is 28.1 Å². The summed E-state index contributed by atoms with van der Waals surface area (Å²) in [7, 11) is 1.87. The molecule has 100 valence electrons. The highest BCUT2D eigenvalue weighted by Gasteiger charge is 2.13. The van der Waals surface area contributed by atoms with Gasteiger partial charge in [-0.25, -0.2) is 0 Å². The second kappa shape index (κ2) is 4.98. The molecule has 0 aliphatic heterocycles. The molecular formula is C15H12ClN3O. The van der Waals surface area contributed by atoms with E-state index in [1.807, 2.05) is 31.4 Å². The van der Waals surface area contributed by atoms with Gasteiger partial charge in [-0.1, -0.05) is 17.7 Å². The van der Waals surface area contributed by atoms with Crippen LogP contribution in [-0.4, -0.2) is 19.9 Å². The Kier molecular flexibility index (Phi) is 3.16. The monoisotopic (exact) mass is 285 g/mol. The zero-order chi connectivity index (χ0) is 14.1. The van der Waals surface area contributed by atoms with Crippen LogP contribution in [0.3, 0.4) is 0 Å². The number of nitrogens with zero attached hydrogens (tertiary/aromatic N) is 3. The van der Waals surface area contributed by atoms with E-state index >= 15 is 0 Å². The number of pyridine rings is 1. The van der Waals surface area contributed by atoms with Crippen LogP contribution in [0.4, 0.5) is 0 Å². The molecular weight excluding hydrogens is 274 g/mol. The zero-order valence-corrected chi connectivity index (χ0v) is 11.5. The van der Waals surface area contributed by atoms with Crippen molar-refractivity contribution in [2.24, 2.45) is 7.05 Å². The van der Waals surface area contributed by atoms with Gasteiger partial charge in [0, 0.05) is 36.8 Å². The summed E-state index contributed by atoms with van der Waals surface area (Å²) in [5, 5.41) is 14.6. The zero-order valence-electron chi connectivity index (χ0n) is 10.8. The average molecular weight is 286 g/mol. The Hall–Kier alpha value is -2.33. The molecule has 0 aliphatic rings. The van der Waals surface area contributed by atoms with Crippen LogP contribution in [0.2, 0.25) is 5.02 Å². The number of halogens is 1. The minimum absolute atomic E-state index is 0.0636. The first kappa shape index (κ1) is 12.7. The molecule has 2 heterocycles. The number of aryl methyl sites for hydroxylation is 1. The third-order valence-corrected chi connectivity index (χ3v) is 3.36. The first-order valence-corrected chi connectivity index (χ1v) is 6.46. The molecule has 0 radical (unpaired) electrons. The Bertz CT molecular complexity index is 753. The number of benzene rings is 1. The number of aromatic nitrogens is 3. The van der Waals surface area contributed by atoms with Gasteiger partial charge in [0.05, 0.1) is 5.02 Å². The van der Waals surface area contributed by atoms with E-state index in [-0.39, 0.29) is 5.75 Å². The van der Waals surface area contributed by atoms with E-state index in [0.29, 0.717) is 5.02 Å². The van der Waals surface area contributed by atoms with Gasteiger partial charge in [0.25, 0.3) is 0 Å². The van der Waals surface area contributed by atoms with Crippen molar-refractivity contribution < 1.29 is 5.11 Å². The van der Waals surface area contributed by atoms with Crippen LogP contribution in [0.15, 0.2) is 48.9 Å². The van der Waals surface area contributed by atoms with Crippen molar-refractivity contribution in [2.45, 2.75) is 0 Å². The second-order valence-electron chi connectivity index (χ2n) is 4.47. The molecule has 0 saturated heterocycles. The molecule has 4 nitrogen and oxygen atoms in total. The molecule has 1 N–H and O–H groups in total. The summed E-state index contributed by atoms with van der Waals surface area (Å²) in [5.41, 5.74) is 3.62. The Morgan fingerprint density at radius 3 is 2.55 bits per heavy atom. The van der Waals surface area contributed by atoms with Gasteiger partial charge in [0.1, 0.15) is 11.4 Å². The summed E-state index contributed by atoms with van der Waals surface area (Å²) in [6.45, 7) is 0. The highest BCUT2D eigenvalue weighted by Crippen LogP contribution is 2.34. The maximum Gasteiger partial charge on any atom is 0.134 e. The lowest BCUT2D eigenvalue weighted by Crippen LogP contribution is -1.87. The van der Waals surface area contributed by atoms with Crippen molar-refractivity contribution in [2.75, 3.05) is 0 Å². The third-order valence-electron chi connectivity index (χ3n) is 3.04. The Morgan fingerprint density at radius 1 is 1.10 bits per heavy atom. The fourth-order valence-corrected chi connectivity index (χ4v) is 2.22. The standard InChI is InChI=1S/C15H12ClN3O/c1-19-9-12(11-2-3-13(16)14(20)8-11)15(18-19)10-4-6-17-7-5-10/h2-9,20H,1H3. The molecule has 0 amide bonds. The Morgan fingerprint density at radius 2 is 1.85 bits per heavy atom.